The normalized spacial score (nSPS) is 12.2. The lowest BCUT2D eigenvalue weighted by molar-refractivity contribution is 1.27. The van der Waals surface area contributed by atoms with Crippen LogP contribution in [0.25, 0.3) is 221 Å². The fourth-order valence-corrected chi connectivity index (χ4v) is 14.9. The van der Waals surface area contributed by atoms with Gasteiger partial charge in [-0.3, -0.25) is 19.9 Å². The maximum absolute atomic E-state index is 6.21. The summed E-state index contributed by atoms with van der Waals surface area (Å²) in [5.41, 5.74) is 21.0. The van der Waals surface area contributed by atoms with E-state index >= 15 is 0 Å². The Balaban J connectivity index is 1.09. The van der Waals surface area contributed by atoms with E-state index in [-0.39, 0.29) is 0 Å². The van der Waals surface area contributed by atoms with E-state index in [0.29, 0.717) is 45.6 Å². The third kappa shape index (κ3) is 7.90. The second-order valence-electron chi connectivity index (χ2n) is 24.8. The molecule has 0 amide bonds. The standard InChI is InChI=1S/C84H46N12/c1-2-18-46-34-54-53(33-45(46)17-1)77-73(69-41-85-61-25-9-13-29-65(61)89-69)79-55-35-47-19-3-4-20-48(47)36-56(55)81(94-79)75(71-43-87-63-27-11-15-31-67(63)91-71)83-59-39-51-23-7-8-24-52(51)40-60(59)84(96-83)76(72-44-88-64-28-12-16-32-68(64)92-72)82-58-38-50-22-6-5-21-49(50)37-57(58)80(95-82)74(78(54)93-77)70-42-86-62-26-10-14-30-66(62)90-70/h1-44,93,96H. The molecule has 12 heteroatoms. The molecule has 0 saturated heterocycles. The van der Waals surface area contributed by atoms with Crippen LogP contribution in [-0.2, 0) is 0 Å². The zero-order valence-corrected chi connectivity index (χ0v) is 50.9. The maximum Gasteiger partial charge on any atom is 0.0936 e. The minimum atomic E-state index is 0.622. The molecule has 1 aliphatic carbocycles. The van der Waals surface area contributed by atoms with Gasteiger partial charge in [0.15, 0.2) is 0 Å². The van der Waals surface area contributed by atoms with E-state index in [1.54, 1.807) is 0 Å². The average molecular weight is 1220 g/mol. The van der Waals surface area contributed by atoms with Crippen LogP contribution in [-0.4, -0.2) is 59.8 Å². The fourth-order valence-electron chi connectivity index (χ4n) is 14.9. The van der Waals surface area contributed by atoms with Crippen molar-refractivity contribution in [2.75, 3.05) is 0 Å². The highest BCUT2D eigenvalue weighted by atomic mass is 14.9. The fraction of sp³-hybridized carbons (Fsp3) is 0. The molecule has 6 aromatic heterocycles. The van der Waals surface area contributed by atoms with Crippen molar-refractivity contribution in [1.82, 2.24) is 59.8 Å². The molecule has 12 aromatic carbocycles. The summed E-state index contributed by atoms with van der Waals surface area (Å²) >= 11 is 0. The minimum Gasteiger partial charge on any atom is -0.353 e. The minimum absolute atomic E-state index is 0.622. The Morgan fingerprint density at radius 2 is 0.396 bits per heavy atom. The van der Waals surface area contributed by atoms with Gasteiger partial charge in [0, 0.05) is 43.8 Å². The van der Waals surface area contributed by atoms with Crippen molar-refractivity contribution in [3.63, 3.8) is 0 Å². The van der Waals surface area contributed by atoms with Gasteiger partial charge in [-0.25, -0.2) is 29.9 Å². The van der Waals surface area contributed by atoms with Gasteiger partial charge in [-0.1, -0.05) is 146 Å². The van der Waals surface area contributed by atoms with Crippen LogP contribution in [0.2, 0.25) is 0 Å². The first-order chi connectivity index (χ1) is 47.5. The molecule has 0 atom stereocenters. The van der Waals surface area contributed by atoms with Crippen molar-refractivity contribution < 1.29 is 0 Å². The molecule has 3 aliphatic rings. The summed E-state index contributed by atoms with van der Waals surface area (Å²) < 4.78 is 0. The highest BCUT2D eigenvalue weighted by Crippen LogP contribution is 2.53. The molecule has 442 valence electrons. The Morgan fingerprint density at radius 3 is 0.625 bits per heavy atom. The number of para-hydroxylation sites is 8. The molecule has 96 heavy (non-hydrogen) atoms. The number of aromatic nitrogens is 12. The number of nitrogens with zero attached hydrogens (tertiary/aromatic N) is 10. The van der Waals surface area contributed by atoms with Crippen LogP contribution in [0.15, 0.2) is 267 Å². The zero-order chi connectivity index (χ0) is 62.7. The smallest absolute Gasteiger partial charge is 0.0936 e. The Bertz CT molecular complexity index is 6060. The maximum atomic E-state index is 6.21. The number of H-pyrrole nitrogens is 2. The third-order valence-corrected chi connectivity index (χ3v) is 19.4. The number of fused-ring (bicyclic) bond motifs is 8. The highest BCUT2D eigenvalue weighted by molar-refractivity contribution is 6.25. The Kier molecular flexibility index (Phi) is 10.9. The van der Waals surface area contributed by atoms with Gasteiger partial charge in [-0.05, 0) is 140 Å². The summed E-state index contributed by atoms with van der Waals surface area (Å²) in [4.78, 5) is 64.3. The summed E-state index contributed by atoms with van der Waals surface area (Å²) in [5, 5.41) is 12.1. The zero-order valence-electron chi connectivity index (χ0n) is 50.9. The van der Waals surface area contributed by atoms with Gasteiger partial charge in [-0.15, -0.1) is 0 Å². The molecule has 0 saturated carbocycles. The predicted octanol–water partition coefficient (Wildman–Crippen LogP) is 20.3. The van der Waals surface area contributed by atoms with Gasteiger partial charge in [0.05, 0.1) is 159 Å². The summed E-state index contributed by atoms with van der Waals surface area (Å²) in [7, 11) is 0. The predicted molar refractivity (Wildman–Crippen MR) is 389 cm³/mol. The number of benzene rings is 12. The first kappa shape index (κ1) is 52.3. The lowest BCUT2D eigenvalue weighted by Crippen LogP contribution is -1.93. The van der Waals surface area contributed by atoms with Gasteiger partial charge >= 0.3 is 0 Å². The van der Waals surface area contributed by atoms with Crippen molar-refractivity contribution in [2.45, 2.75) is 0 Å². The van der Waals surface area contributed by atoms with Crippen LogP contribution in [0, 0.1) is 0 Å². The third-order valence-electron chi connectivity index (χ3n) is 19.4. The molecule has 18 aromatic rings. The van der Waals surface area contributed by atoms with Gasteiger partial charge in [0.2, 0.25) is 0 Å². The van der Waals surface area contributed by atoms with E-state index in [9.17, 15) is 0 Å². The average Bonchev–Trinajstić information content (AvgIpc) is 1.55. The highest BCUT2D eigenvalue weighted by Gasteiger charge is 2.33. The Labute approximate surface area is 545 Å². The van der Waals surface area contributed by atoms with Crippen LogP contribution < -0.4 is 0 Å². The van der Waals surface area contributed by atoms with E-state index in [1.807, 2.05) is 122 Å². The molecular weight excluding hydrogens is 1180 g/mol. The molecule has 8 bridgehead atoms. The second kappa shape index (κ2) is 20.1. The number of rotatable bonds is 4. The molecule has 2 aliphatic heterocycles. The molecule has 0 fully saturated rings. The number of hydrogen-bond donors (Lipinski definition) is 2. The van der Waals surface area contributed by atoms with Crippen LogP contribution in [0.3, 0.4) is 0 Å². The van der Waals surface area contributed by atoms with Gasteiger partial charge < -0.3 is 9.97 Å². The lowest BCUT2D eigenvalue weighted by Gasteiger charge is -2.10. The Hall–Kier alpha value is -13.3. The quantitative estimate of drug-likeness (QED) is 0.174. The Morgan fingerprint density at radius 1 is 0.198 bits per heavy atom. The van der Waals surface area contributed by atoms with Crippen molar-refractivity contribution in [3.05, 3.63) is 267 Å². The van der Waals surface area contributed by atoms with Crippen molar-refractivity contribution in [3.8, 4) is 90.1 Å². The SMILES string of the molecule is c1ccc2cc3c(cc2c1)-c1nc-3c(-c2cnc3ccccc3n2)c2[nH]c(c(-c3cnc4ccccc4n3)c3nc(c(-c4cnc5ccccc5n4)c4[nH]c(c1-c1cnc5ccccc5n1)c1cc5ccccc5cc41)-c1cc4ccccc4cc1-3)c1cc3ccccc3cc21. The lowest BCUT2D eigenvalue weighted by atomic mass is 9.93. The van der Waals surface area contributed by atoms with Gasteiger partial charge in [0.1, 0.15) is 0 Å². The monoisotopic (exact) mass is 1220 g/mol. The van der Waals surface area contributed by atoms with Crippen LogP contribution in [0.1, 0.15) is 0 Å². The molecule has 0 spiro atoms. The number of nitrogens with one attached hydrogen (secondary N) is 2. The van der Waals surface area contributed by atoms with Crippen molar-refractivity contribution in [1.29, 1.82) is 0 Å². The van der Waals surface area contributed by atoms with Crippen LogP contribution in [0.5, 0.6) is 0 Å². The summed E-state index contributed by atoms with van der Waals surface area (Å²) in [6.45, 7) is 0. The molecule has 8 heterocycles. The van der Waals surface area contributed by atoms with E-state index in [0.717, 1.165) is 175 Å². The summed E-state index contributed by atoms with van der Waals surface area (Å²) in [6.07, 6.45) is 7.60. The molecular formula is C84H46N12. The topological polar surface area (TPSA) is 160 Å². The van der Waals surface area contributed by atoms with Gasteiger partial charge in [-0.2, -0.15) is 0 Å². The van der Waals surface area contributed by atoms with E-state index < -0.39 is 0 Å². The first-order valence-corrected chi connectivity index (χ1v) is 32.0. The molecule has 0 radical (unpaired) electrons. The van der Waals surface area contributed by atoms with E-state index in [4.69, 9.17) is 49.8 Å². The molecule has 0 unspecified atom stereocenters. The van der Waals surface area contributed by atoms with Crippen LogP contribution >= 0.6 is 0 Å². The van der Waals surface area contributed by atoms with Gasteiger partial charge in [0.25, 0.3) is 0 Å². The molecule has 2 N–H and O–H groups in total. The van der Waals surface area contributed by atoms with E-state index in [1.165, 1.54) is 0 Å². The molecule has 12 nitrogen and oxygen atoms in total. The van der Waals surface area contributed by atoms with E-state index in [2.05, 4.69) is 156 Å². The number of aromatic amines is 2. The van der Waals surface area contributed by atoms with Crippen LogP contribution in [0.4, 0.5) is 0 Å². The number of hydrogen-bond acceptors (Lipinski definition) is 10. The second-order valence-corrected chi connectivity index (χ2v) is 24.8. The largest absolute Gasteiger partial charge is 0.353 e. The van der Waals surface area contributed by atoms with Crippen molar-refractivity contribution in [2.24, 2.45) is 0 Å². The van der Waals surface area contributed by atoms with Crippen molar-refractivity contribution >= 4 is 131 Å². The summed E-state index contributed by atoms with van der Waals surface area (Å²) in [5.74, 6) is 0. The summed E-state index contributed by atoms with van der Waals surface area (Å²) in [6, 6.07) is 84.7. The first-order valence-electron chi connectivity index (χ1n) is 32.0. The molecule has 21 rings (SSSR count).